The van der Waals surface area contributed by atoms with E-state index in [0.29, 0.717) is 6.54 Å². The molecule has 1 aromatic carbocycles. The molecule has 0 saturated heterocycles. The number of aliphatic hydroxyl groups excluding tert-OH is 1. The van der Waals surface area contributed by atoms with Crippen molar-refractivity contribution in [2.24, 2.45) is 5.41 Å². The lowest BCUT2D eigenvalue weighted by atomic mass is 9.74. The zero-order valence-electron chi connectivity index (χ0n) is 12.5. The van der Waals surface area contributed by atoms with Crippen LogP contribution >= 0.6 is 0 Å². The zero-order chi connectivity index (χ0) is 15.0. The molecule has 1 fully saturated rings. The van der Waals surface area contributed by atoms with Crippen LogP contribution < -0.4 is 10.1 Å². The van der Waals surface area contributed by atoms with Crippen molar-refractivity contribution in [3.63, 3.8) is 0 Å². The summed E-state index contributed by atoms with van der Waals surface area (Å²) in [5, 5.41) is 21.8. The Labute approximate surface area is 126 Å². The first-order chi connectivity index (χ1) is 10.3. The molecule has 1 aliphatic rings. The van der Waals surface area contributed by atoms with Crippen molar-refractivity contribution in [3.05, 3.63) is 29.8 Å². The van der Waals surface area contributed by atoms with Crippen LogP contribution in [0.2, 0.25) is 0 Å². The molecule has 0 aromatic heterocycles. The minimum absolute atomic E-state index is 0.0424. The zero-order valence-corrected chi connectivity index (χ0v) is 12.5. The van der Waals surface area contributed by atoms with Crippen molar-refractivity contribution in [1.29, 1.82) is 5.26 Å². The van der Waals surface area contributed by atoms with Crippen LogP contribution in [0.3, 0.4) is 0 Å². The fourth-order valence-electron chi connectivity index (χ4n) is 3.06. The second-order valence-corrected chi connectivity index (χ2v) is 5.88. The van der Waals surface area contributed by atoms with Crippen molar-refractivity contribution in [1.82, 2.24) is 5.32 Å². The van der Waals surface area contributed by atoms with E-state index in [1.807, 2.05) is 30.3 Å². The molecule has 114 valence electrons. The predicted molar refractivity (Wildman–Crippen MR) is 81.9 cm³/mol. The van der Waals surface area contributed by atoms with E-state index >= 15 is 0 Å². The van der Waals surface area contributed by atoms with Crippen LogP contribution in [0.15, 0.2) is 24.3 Å². The van der Waals surface area contributed by atoms with Crippen LogP contribution in [0.1, 0.15) is 37.7 Å². The van der Waals surface area contributed by atoms with Crippen LogP contribution in [-0.2, 0) is 6.54 Å². The largest absolute Gasteiger partial charge is 0.478 e. The summed E-state index contributed by atoms with van der Waals surface area (Å²) in [4.78, 5) is 0. The van der Waals surface area contributed by atoms with Gasteiger partial charge in [0.2, 0.25) is 0 Å². The summed E-state index contributed by atoms with van der Waals surface area (Å²) in [5.74, 6) is 0.758. The smallest absolute Gasteiger partial charge is 0.174 e. The Morgan fingerprint density at radius 1 is 1.24 bits per heavy atom. The molecule has 4 heteroatoms. The highest BCUT2D eigenvalue weighted by Crippen LogP contribution is 2.35. The normalized spacial score (nSPS) is 17.1. The molecule has 1 aromatic rings. The van der Waals surface area contributed by atoms with Crippen molar-refractivity contribution in [2.45, 2.75) is 38.6 Å². The van der Waals surface area contributed by atoms with Gasteiger partial charge in [-0.15, -0.1) is 0 Å². The van der Waals surface area contributed by atoms with Crippen LogP contribution in [0.25, 0.3) is 0 Å². The maximum absolute atomic E-state index is 9.71. The number of nitrogens with zero attached hydrogens (tertiary/aromatic N) is 1. The summed E-state index contributed by atoms with van der Waals surface area (Å²) in [5.41, 5.74) is 1.09. The van der Waals surface area contributed by atoms with Gasteiger partial charge in [-0.3, -0.25) is 0 Å². The highest BCUT2D eigenvalue weighted by Gasteiger charge is 2.30. The molecule has 2 N–H and O–H groups in total. The SMILES string of the molecule is N#CCOc1ccccc1CNCC1(CO)CCCCC1. The molecule has 0 aliphatic heterocycles. The molecule has 0 heterocycles. The van der Waals surface area contributed by atoms with E-state index in [1.54, 1.807) is 0 Å². The third-order valence-corrected chi connectivity index (χ3v) is 4.33. The number of nitrogens with one attached hydrogen (secondary N) is 1. The average molecular weight is 288 g/mol. The number of para-hydroxylation sites is 1. The van der Waals surface area contributed by atoms with Crippen molar-refractivity contribution >= 4 is 0 Å². The molecular weight excluding hydrogens is 264 g/mol. The lowest BCUT2D eigenvalue weighted by Gasteiger charge is -2.35. The Morgan fingerprint density at radius 2 is 2.00 bits per heavy atom. The maximum Gasteiger partial charge on any atom is 0.174 e. The van der Waals surface area contributed by atoms with Gasteiger partial charge in [0.05, 0.1) is 0 Å². The van der Waals surface area contributed by atoms with E-state index in [9.17, 15) is 5.11 Å². The van der Waals surface area contributed by atoms with Gasteiger partial charge in [-0.05, 0) is 18.9 Å². The van der Waals surface area contributed by atoms with Crippen molar-refractivity contribution in [2.75, 3.05) is 19.8 Å². The van der Waals surface area contributed by atoms with Crippen molar-refractivity contribution in [3.8, 4) is 11.8 Å². The lowest BCUT2D eigenvalue weighted by Crippen LogP contribution is -2.38. The average Bonchev–Trinajstić information content (AvgIpc) is 2.55. The monoisotopic (exact) mass is 288 g/mol. The standard InChI is InChI=1S/C17H24N2O2/c18-10-11-21-16-7-3-2-6-15(16)12-19-13-17(14-20)8-4-1-5-9-17/h2-3,6-7,19-20H,1,4-5,8-9,11-14H2. The molecular formula is C17H24N2O2. The van der Waals surface area contributed by atoms with Gasteiger partial charge in [0.25, 0.3) is 0 Å². The Balaban J connectivity index is 1.89. The van der Waals surface area contributed by atoms with E-state index in [-0.39, 0.29) is 18.6 Å². The predicted octanol–water partition coefficient (Wildman–Crippen LogP) is 2.62. The first-order valence-corrected chi connectivity index (χ1v) is 7.69. The number of rotatable bonds is 7. The minimum atomic E-state index is 0.0424. The van der Waals surface area contributed by atoms with Crippen LogP contribution in [0.4, 0.5) is 0 Å². The third-order valence-electron chi connectivity index (χ3n) is 4.33. The van der Waals surface area contributed by atoms with E-state index in [1.165, 1.54) is 19.3 Å². The minimum Gasteiger partial charge on any atom is -0.478 e. The van der Waals surface area contributed by atoms with E-state index < -0.39 is 0 Å². The molecule has 2 rings (SSSR count). The van der Waals surface area contributed by atoms with Crippen molar-refractivity contribution < 1.29 is 9.84 Å². The number of hydrogen-bond donors (Lipinski definition) is 2. The van der Waals surface area contributed by atoms with Gasteiger partial charge in [-0.1, -0.05) is 37.5 Å². The van der Waals surface area contributed by atoms with E-state index in [4.69, 9.17) is 10.00 Å². The summed E-state index contributed by atoms with van der Waals surface area (Å²) in [7, 11) is 0. The fourth-order valence-corrected chi connectivity index (χ4v) is 3.06. The number of aliphatic hydroxyl groups is 1. The van der Waals surface area contributed by atoms with Gasteiger partial charge in [-0.2, -0.15) is 5.26 Å². The molecule has 0 amide bonds. The molecule has 0 radical (unpaired) electrons. The quantitative estimate of drug-likeness (QED) is 0.809. The summed E-state index contributed by atoms with van der Waals surface area (Å²) in [6.07, 6.45) is 5.91. The first-order valence-electron chi connectivity index (χ1n) is 7.69. The summed E-state index contributed by atoms with van der Waals surface area (Å²) in [6.45, 7) is 1.85. The van der Waals surface area contributed by atoms with Crippen LogP contribution in [-0.4, -0.2) is 24.9 Å². The molecule has 1 aliphatic carbocycles. The van der Waals surface area contributed by atoms with Gasteiger partial charge in [0.15, 0.2) is 6.61 Å². The number of nitriles is 1. The topological polar surface area (TPSA) is 65.3 Å². The van der Waals surface area contributed by atoms with Crippen LogP contribution in [0.5, 0.6) is 5.75 Å². The molecule has 4 nitrogen and oxygen atoms in total. The Hall–Kier alpha value is -1.57. The molecule has 0 bridgehead atoms. The molecule has 0 spiro atoms. The van der Waals surface area contributed by atoms with Gasteiger partial charge in [0.1, 0.15) is 11.8 Å². The number of hydrogen-bond acceptors (Lipinski definition) is 4. The number of benzene rings is 1. The van der Waals surface area contributed by atoms with Crippen LogP contribution in [0, 0.1) is 16.7 Å². The summed E-state index contributed by atoms with van der Waals surface area (Å²) >= 11 is 0. The second-order valence-electron chi connectivity index (χ2n) is 5.88. The lowest BCUT2D eigenvalue weighted by molar-refractivity contribution is 0.0810. The third kappa shape index (κ3) is 4.45. The second kappa shape index (κ2) is 8.02. The Kier molecular flexibility index (Phi) is 6.04. The highest BCUT2D eigenvalue weighted by atomic mass is 16.5. The van der Waals surface area contributed by atoms with Gasteiger partial charge >= 0.3 is 0 Å². The molecule has 0 atom stereocenters. The summed E-state index contributed by atoms with van der Waals surface area (Å²) < 4.78 is 5.43. The first kappa shape index (κ1) is 15.8. The highest BCUT2D eigenvalue weighted by molar-refractivity contribution is 5.33. The van der Waals surface area contributed by atoms with E-state index in [0.717, 1.165) is 30.7 Å². The maximum atomic E-state index is 9.71. The fraction of sp³-hybridized carbons (Fsp3) is 0.588. The molecule has 1 saturated carbocycles. The van der Waals surface area contributed by atoms with E-state index in [2.05, 4.69) is 5.32 Å². The Bertz CT molecular complexity index is 476. The summed E-state index contributed by atoms with van der Waals surface area (Å²) in [6, 6.07) is 9.76. The van der Waals surface area contributed by atoms with Gasteiger partial charge in [0, 0.05) is 30.7 Å². The van der Waals surface area contributed by atoms with Gasteiger partial charge < -0.3 is 15.2 Å². The number of ether oxygens (including phenoxy) is 1. The van der Waals surface area contributed by atoms with Gasteiger partial charge in [-0.25, -0.2) is 0 Å². The Morgan fingerprint density at radius 3 is 2.71 bits per heavy atom. The molecule has 21 heavy (non-hydrogen) atoms. The molecule has 0 unspecified atom stereocenters.